The monoisotopic (exact) mass is 213 g/mol. The van der Waals surface area contributed by atoms with Gasteiger partial charge in [0.2, 0.25) is 0 Å². The molecule has 0 atom stereocenters. The summed E-state index contributed by atoms with van der Waals surface area (Å²) in [6.45, 7) is 10.9. The van der Waals surface area contributed by atoms with Crippen molar-refractivity contribution in [2.45, 2.75) is 59.4 Å². The van der Waals surface area contributed by atoms with Gasteiger partial charge in [0.05, 0.1) is 0 Å². The zero-order chi connectivity index (χ0) is 11.9. The summed E-state index contributed by atoms with van der Waals surface area (Å²) >= 11 is 0. The average molecular weight is 213 g/mol. The Kier molecular flexibility index (Phi) is 2.79. The first-order valence-corrected chi connectivity index (χ1v) is 5.55. The molecule has 0 bridgehead atoms. The molecule has 0 saturated heterocycles. The molecule has 0 spiro atoms. The summed E-state index contributed by atoms with van der Waals surface area (Å²) in [7, 11) is 0. The average Bonchev–Trinajstić information content (AvgIpc) is 1.70. The van der Waals surface area contributed by atoms with Crippen LogP contribution in [0.25, 0.3) is 0 Å². The van der Waals surface area contributed by atoms with Crippen molar-refractivity contribution in [1.82, 2.24) is 5.32 Å². The van der Waals surface area contributed by atoms with E-state index in [1.54, 1.807) is 0 Å². The van der Waals surface area contributed by atoms with Gasteiger partial charge in [-0.1, -0.05) is 27.7 Å². The zero-order valence-corrected chi connectivity index (χ0v) is 10.5. The molecule has 3 nitrogen and oxygen atoms in total. The van der Waals surface area contributed by atoms with Crippen molar-refractivity contribution in [3.8, 4) is 0 Å². The van der Waals surface area contributed by atoms with E-state index in [0.29, 0.717) is 0 Å². The van der Waals surface area contributed by atoms with E-state index in [0.717, 1.165) is 19.3 Å². The predicted octanol–water partition coefficient (Wildman–Crippen LogP) is 3.25. The van der Waals surface area contributed by atoms with Gasteiger partial charge in [-0.2, -0.15) is 0 Å². The van der Waals surface area contributed by atoms with E-state index in [2.05, 4.69) is 33.0 Å². The third-order valence-electron chi connectivity index (χ3n) is 3.10. The maximum absolute atomic E-state index is 10.8. The molecular weight excluding hydrogens is 190 g/mol. The van der Waals surface area contributed by atoms with E-state index in [1.165, 1.54) is 0 Å². The van der Waals surface area contributed by atoms with Crippen LogP contribution in [0.1, 0.15) is 53.9 Å². The van der Waals surface area contributed by atoms with Crippen molar-refractivity contribution in [2.24, 2.45) is 10.8 Å². The van der Waals surface area contributed by atoms with Crippen LogP contribution in [-0.4, -0.2) is 16.7 Å². The fourth-order valence-corrected chi connectivity index (χ4v) is 3.94. The number of hydrogen-bond acceptors (Lipinski definition) is 1. The quantitative estimate of drug-likeness (QED) is 0.702. The molecule has 1 rings (SSSR count). The number of amides is 1. The standard InChI is InChI=1S/C12H23NO2/c1-10(2)6-11(3,4)8-12(5,7-10)13-9(14)15/h13H,6-8H2,1-5H3,(H,14,15). The summed E-state index contributed by atoms with van der Waals surface area (Å²) in [4.78, 5) is 10.8. The van der Waals surface area contributed by atoms with Crippen molar-refractivity contribution in [2.75, 3.05) is 0 Å². The lowest BCUT2D eigenvalue weighted by Gasteiger charge is -2.50. The van der Waals surface area contributed by atoms with E-state index in [1.807, 2.05) is 6.92 Å². The molecule has 1 aliphatic rings. The molecule has 0 unspecified atom stereocenters. The summed E-state index contributed by atoms with van der Waals surface area (Å²) in [6.07, 6.45) is 2.06. The third kappa shape index (κ3) is 3.40. The summed E-state index contributed by atoms with van der Waals surface area (Å²) < 4.78 is 0. The van der Waals surface area contributed by atoms with Crippen LogP contribution in [0.5, 0.6) is 0 Å². The summed E-state index contributed by atoms with van der Waals surface area (Å²) in [5, 5.41) is 11.5. The Hall–Kier alpha value is -0.730. The first-order valence-electron chi connectivity index (χ1n) is 5.55. The van der Waals surface area contributed by atoms with Gasteiger partial charge in [0, 0.05) is 5.54 Å². The van der Waals surface area contributed by atoms with Crippen molar-refractivity contribution in [1.29, 1.82) is 0 Å². The highest BCUT2D eigenvalue weighted by atomic mass is 16.4. The third-order valence-corrected chi connectivity index (χ3v) is 3.10. The maximum atomic E-state index is 10.8. The van der Waals surface area contributed by atoms with Crippen molar-refractivity contribution < 1.29 is 9.90 Å². The number of carboxylic acid groups (broad SMARTS) is 1. The summed E-state index contributed by atoms with van der Waals surface area (Å²) in [6, 6.07) is 0. The summed E-state index contributed by atoms with van der Waals surface area (Å²) in [5.41, 5.74) is 0.134. The number of rotatable bonds is 1. The van der Waals surface area contributed by atoms with E-state index in [-0.39, 0.29) is 16.4 Å². The highest BCUT2D eigenvalue weighted by Crippen LogP contribution is 2.49. The molecule has 2 N–H and O–H groups in total. The minimum atomic E-state index is -0.911. The molecule has 88 valence electrons. The van der Waals surface area contributed by atoms with Gasteiger partial charge >= 0.3 is 6.09 Å². The van der Waals surface area contributed by atoms with E-state index < -0.39 is 6.09 Å². The van der Waals surface area contributed by atoms with Crippen LogP contribution >= 0.6 is 0 Å². The van der Waals surface area contributed by atoms with Gasteiger partial charge in [-0.25, -0.2) is 4.79 Å². The SMILES string of the molecule is CC1(C)CC(C)(C)CC(C)(NC(=O)O)C1. The highest BCUT2D eigenvalue weighted by molar-refractivity contribution is 5.65. The fourth-order valence-electron chi connectivity index (χ4n) is 3.94. The minimum absolute atomic E-state index is 0.207. The largest absolute Gasteiger partial charge is 0.465 e. The smallest absolute Gasteiger partial charge is 0.405 e. The Labute approximate surface area is 92.3 Å². The lowest BCUT2D eigenvalue weighted by atomic mass is 9.59. The second-order valence-electron chi connectivity index (χ2n) is 6.85. The van der Waals surface area contributed by atoms with Crippen LogP contribution in [0, 0.1) is 10.8 Å². The van der Waals surface area contributed by atoms with Gasteiger partial charge in [0.25, 0.3) is 0 Å². The number of carbonyl (C=O) groups is 1. The van der Waals surface area contributed by atoms with Gasteiger partial charge in [0.1, 0.15) is 0 Å². The van der Waals surface area contributed by atoms with Crippen LogP contribution in [0.3, 0.4) is 0 Å². The molecule has 0 aromatic heterocycles. The molecule has 0 aromatic rings. The van der Waals surface area contributed by atoms with Crippen LogP contribution in [0.4, 0.5) is 4.79 Å². The molecule has 0 aromatic carbocycles. The Morgan fingerprint density at radius 1 is 1.00 bits per heavy atom. The van der Waals surface area contributed by atoms with Crippen LogP contribution in [-0.2, 0) is 0 Å². The highest BCUT2D eigenvalue weighted by Gasteiger charge is 2.45. The zero-order valence-electron chi connectivity index (χ0n) is 10.5. The van der Waals surface area contributed by atoms with Gasteiger partial charge in [-0.3, -0.25) is 0 Å². The molecule has 1 aliphatic carbocycles. The Morgan fingerprint density at radius 3 is 1.73 bits per heavy atom. The molecule has 0 aliphatic heterocycles. The second kappa shape index (κ2) is 3.39. The van der Waals surface area contributed by atoms with Crippen molar-refractivity contribution in [3.05, 3.63) is 0 Å². The normalized spacial score (nSPS) is 27.0. The number of nitrogens with one attached hydrogen (secondary N) is 1. The van der Waals surface area contributed by atoms with Gasteiger partial charge in [-0.05, 0) is 37.0 Å². The first-order chi connectivity index (χ1) is 6.54. The molecule has 0 radical (unpaired) electrons. The lowest BCUT2D eigenvalue weighted by molar-refractivity contribution is 0.0388. The van der Waals surface area contributed by atoms with Gasteiger partial charge in [0.15, 0.2) is 0 Å². The van der Waals surface area contributed by atoms with Crippen LogP contribution in [0.2, 0.25) is 0 Å². The van der Waals surface area contributed by atoms with E-state index in [9.17, 15) is 4.79 Å². The Bertz CT molecular complexity index is 253. The van der Waals surface area contributed by atoms with Crippen molar-refractivity contribution in [3.63, 3.8) is 0 Å². The molecule has 1 amide bonds. The summed E-state index contributed by atoms with van der Waals surface area (Å²) in [5.74, 6) is 0. The van der Waals surface area contributed by atoms with E-state index >= 15 is 0 Å². The maximum Gasteiger partial charge on any atom is 0.405 e. The van der Waals surface area contributed by atoms with Gasteiger partial charge < -0.3 is 10.4 Å². The molecule has 3 heteroatoms. The molecule has 1 saturated carbocycles. The van der Waals surface area contributed by atoms with Gasteiger partial charge in [-0.15, -0.1) is 0 Å². The minimum Gasteiger partial charge on any atom is -0.465 e. The second-order valence-corrected chi connectivity index (χ2v) is 6.85. The van der Waals surface area contributed by atoms with Crippen LogP contribution < -0.4 is 5.32 Å². The van der Waals surface area contributed by atoms with Crippen LogP contribution in [0.15, 0.2) is 0 Å². The lowest BCUT2D eigenvalue weighted by Crippen LogP contribution is -2.54. The Morgan fingerprint density at radius 2 is 1.40 bits per heavy atom. The van der Waals surface area contributed by atoms with Crippen molar-refractivity contribution >= 4 is 6.09 Å². The molecular formula is C12H23NO2. The fraction of sp³-hybridized carbons (Fsp3) is 0.917. The molecule has 0 heterocycles. The predicted molar refractivity (Wildman–Crippen MR) is 61.0 cm³/mol. The molecule has 15 heavy (non-hydrogen) atoms. The Balaban J connectivity index is 2.86. The molecule has 1 fully saturated rings. The first kappa shape index (κ1) is 12.3. The topological polar surface area (TPSA) is 49.3 Å². The number of hydrogen-bond donors (Lipinski definition) is 2. The van der Waals surface area contributed by atoms with E-state index in [4.69, 9.17) is 5.11 Å².